The standard InChI is InChI=1S/C21H26O5/c1-6-24-19(22)10-8-17-14(4)16-7-9-18(25-12-11-13(2)3)15(5)20(16)26-21(17)23/h7,9,11H,6,8,10,12H2,1-5H3. The van der Waals surface area contributed by atoms with E-state index in [4.69, 9.17) is 13.9 Å². The SMILES string of the molecule is CCOC(=O)CCc1c(C)c2ccc(OCC=C(C)C)c(C)c2oc1=O. The Hall–Kier alpha value is -2.56. The van der Waals surface area contributed by atoms with Gasteiger partial charge in [0, 0.05) is 22.9 Å². The van der Waals surface area contributed by atoms with Crippen LogP contribution in [0, 0.1) is 13.8 Å². The maximum Gasteiger partial charge on any atom is 0.339 e. The topological polar surface area (TPSA) is 65.7 Å². The van der Waals surface area contributed by atoms with E-state index < -0.39 is 5.63 Å². The maximum absolute atomic E-state index is 12.4. The normalized spacial score (nSPS) is 10.7. The van der Waals surface area contributed by atoms with Crippen LogP contribution in [0.1, 0.15) is 43.9 Å². The third-order valence-electron chi connectivity index (χ3n) is 4.27. The number of fused-ring (bicyclic) bond motifs is 1. The summed E-state index contributed by atoms with van der Waals surface area (Å²) >= 11 is 0. The molecular weight excluding hydrogens is 332 g/mol. The molecule has 2 rings (SSSR count). The summed E-state index contributed by atoms with van der Waals surface area (Å²) < 4.78 is 16.3. The van der Waals surface area contributed by atoms with Crippen LogP contribution in [0.4, 0.5) is 0 Å². The van der Waals surface area contributed by atoms with E-state index in [9.17, 15) is 9.59 Å². The Kier molecular flexibility index (Phi) is 6.61. The second-order valence-electron chi connectivity index (χ2n) is 6.46. The van der Waals surface area contributed by atoms with Gasteiger partial charge in [0.1, 0.15) is 17.9 Å². The van der Waals surface area contributed by atoms with Gasteiger partial charge in [-0.1, -0.05) is 5.57 Å². The molecule has 0 unspecified atom stereocenters. The van der Waals surface area contributed by atoms with E-state index in [1.54, 1.807) is 6.92 Å². The molecule has 0 saturated carbocycles. The van der Waals surface area contributed by atoms with Crippen LogP contribution in [-0.2, 0) is 16.0 Å². The fourth-order valence-corrected chi connectivity index (χ4v) is 2.77. The molecule has 140 valence electrons. The van der Waals surface area contributed by atoms with Crippen LogP contribution >= 0.6 is 0 Å². The minimum atomic E-state index is -0.413. The molecule has 0 radical (unpaired) electrons. The third kappa shape index (κ3) is 4.54. The van der Waals surface area contributed by atoms with Gasteiger partial charge in [-0.2, -0.15) is 0 Å². The van der Waals surface area contributed by atoms with Crippen molar-refractivity contribution in [2.75, 3.05) is 13.2 Å². The van der Waals surface area contributed by atoms with Crippen molar-refractivity contribution >= 4 is 16.9 Å². The second kappa shape index (κ2) is 8.70. The molecule has 0 N–H and O–H groups in total. The molecule has 0 fully saturated rings. The zero-order chi connectivity index (χ0) is 19.3. The van der Waals surface area contributed by atoms with Gasteiger partial charge in [-0.05, 0) is 64.8 Å². The van der Waals surface area contributed by atoms with Crippen molar-refractivity contribution in [2.24, 2.45) is 0 Å². The number of carbonyl (C=O) groups is 1. The van der Waals surface area contributed by atoms with E-state index in [-0.39, 0.29) is 12.4 Å². The first-order valence-corrected chi connectivity index (χ1v) is 8.82. The van der Waals surface area contributed by atoms with Gasteiger partial charge in [0.05, 0.1) is 6.61 Å². The molecule has 0 amide bonds. The van der Waals surface area contributed by atoms with E-state index in [1.807, 2.05) is 45.9 Å². The van der Waals surface area contributed by atoms with E-state index >= 15 is 0 Å². The molecule has 0 aliphatic carbocycles. The number of carbonyl (C=O) groups excluding carboxylic acids is 1. The Morgan fingerprint density at radius 1 is 1.19 bits per heavy atom. The summed E-state index contributed by atoms with van der Waals surface area (Å²) in [5.74, 6) is 0.377. The van der Waals surface area contributed by atoms with Crippen molar-refractivity contribution in [2.45, 2.75) is 47.5 Å². The van der Waals surface area contributed by atoms with Gasteiger partial charge in [0.25, 0.3) is 0 Å². The van der Waals surface area contributed by atoms with Crippen LogP contribution < -0.4 is 10.4 Å². The number of hydrogen-bond donors (Lipinski definition) is 0. The van der Waals surface area contributed by atoms with Crippen molar-refractivity contribution < 1.29 is 18.7 Å². The van der Waals surface area contributed by atoms with E-state index in [0.717, 1.165) is 16.5 Å². The number of hydrogen-bond acceptors (Lipinski definition) is 5. The summed E-state index contributed by atoms with van der Waals surface area (Å²) in [5.41, 5.74) is 3.44. The monoisotopic (exact) mass is 358 g/mol. The molecule has 0 aliphatic rings. The fourth-order valence-electron chi connectivity index (χ4n) is 2.77. The summed E-state index contributed by atoms with van der Waals surface area (Å²) in [6, 6.07) is 3.78. The van der Waals surface area contributed by atoms with Crippen molar-refractivity contribution in [3.05, 3.63) is 50.9 Å². The lowest BCUT2D eigenvalue weighted by Crippen LogP contribution is -2.14. The molecule has 5 nitrogen and oxygen atoms in total. The first-order chi connectivity index (χ1) is 12.3. The molecule has 0 aliphatic heterocycles. The summed E-state index contributed by atoms with van der Waals surface area (Å²) in [5, 5.41) is 0.857. The largest absolute Gasteiger partial charge is 0.489 e. The van der Waals surface area contributed by atoms with Crippen LogP contribution in [0.25, 0.3) is 11.0 Å². The lowest BCUT2D eigenvalue weighted by atomic mass is 10.0. The summed E-state index contributed by atoms with van der Waals surface area (Å²) in [7, 11) is 0. The molecule has 2 aromatic rings. The molecule has 5 heteroatoms. The second-order valence-corrected chi connectivity index (χ2v) is 6.46. The number of benzene rings is 1. The Morgan fingerprint density at radius 2 is 1.92 bits per heavy atom. The molecule has 1 aromatic carbocycles. The highest BCUT2D eigenvalue weighted by Crippen LogP contribution is 2.29. The number of aryl methyl sites for hydroxylation is 2. The summed E-state index contributed by atoms with van der Waals surface area (Å²) in [4.78, 5) is 24.0. The Bertz CT molecular complexity index is 885. The van der Waals surface area contributed by atoms with Gasteiger partial charge in [-0.15, -0.1) is 0 Å². The predicted molar refractivity (Wildman–Crippen MR) is 102 cm³/mol. The zero-order valence-electron chi connectivity index (χ0n) is 16.1. The number of rotatable bonds is 7. The summed E-state index contributed by atoms with van der Waals surface area (Å²) in [6.07, 6.45) is 2.46. The third-order valence-corrected chi connectivity index (χ3v) is 4.27. The van der Waals surface area contributed by atoms with E-state index in [1.165, 1.54) is 5.57 Å². The number of allylic oxidation sites excluding steroid dienone is 1. The minimum absolute atomic E-state index is 0.161. The van der Waals surface area contributed by atoms with E-state index in [0.29, 0.717) is 36.5 Å². The quantitative estimate of drug-likeness (QED) is 0.420. The van der Waals surface area contributed by atoms with Gasteiger partial charge < -0.3 is 13.9 Å². The minimum Gasteiger partial charge on any atom is -0.489 e. The highest BCUT2D eigenvalue weighted by Gasteiger charge is 2.16. The first-order valence-electron chi connectivity index (χ1n) is 8.82. The molecule has 0 spiro atoms. The highest BCUT2D eigenvalue weighted by molar-refractivity contribution is 5.85. The van der Waals surface area contributed by atoms with Crippen molar-refractivity contribution in [1.82, 2.24) is 0 Å². The van der Waals surface area contributed by atoms with Crippen LogP contribution in [-0.4, -0.2) is 19.2 Å². The Balaban J connectivity index is 2.35. The molecular formula is C21H26O5. The average Bonchev–Trinajstić information content (AvgIpc) is 2.57. The van der Waals surface area contributed by atoms with Crippen molar-refractivity contribution in [3.8, 4) is 5.75 Å². The Morgan fingerprint density at radius 3 is 2.58 bits per heavy atom. The number of ether oxygens (including phenoxy) is 2. The van der Waals surface area contributed by atoms with Gasteiger partial charge in [0.15, 0.2) is 0 Å². The van der Waals surface area contributed by atoms with Crippen molar-refractivity contribution in [3.63, 3.8) is 0 Å². The predicted octanol–water partition coefficient (Wildman–Crippen LogP) is 4.25. The Labute approximate surface area is 153 Å². The van der Waals surface area contributed by atoms with Crippen LogP contribution in [0.3, 0.4) is 0 Å². The zero-order valence-corrected chi connectivity index (χ0v) is 16.1. The lowest BCUT2D eigenvalue weighted by molar-refractivity contribution is -0.143. The highest BCUT2D eigenvalue weighted by atomic mass is 16.5. The number of esters is 1. The maximum atomic E-state index is 12.4. The van der Waals surface area contributed by atoms with Crippen LogP contribution in [0.2, 0.25) is 0 Å². The average molecular weight is 358 g/mol. The van der Waals surface area contributed by atoms with Gasteiger partial charge in [0.2, 0.25) is 0 Å². The fraction of sp³-hybridized carbons (Fsp3) is 0.429. The molecule has 0 atom stereocenters. The lowest BCUT2D eigenvalue weighted by Gasteiger charge is -2.12. The molecule has 26 heavy (non-hydrogen) atoms. The van der Waals surface area contributed by atoms with Gasteiger partial charge in [-0.3, -0.25) is 4.79 Å². The molecule has 0 bridgehead atoms. The molecule has 0 saturated heterocycles. The smallest absolute Gasteiger partial charge is 0.339 e. The van der Waals surface area contributed by atoms with Gasteiger partial charge >= 0.3 is 11.6 Å². The van der Waals surface area contributed by atoms with E-state index in [2.05, 4.69) is 0 Å². The molecule has 1 heterocycles. The van der Waals surface area contributed by atoms with Crippen LogP contribution in [0.15, 0.2) is 33.0 Å². The summed E-state index contributed by atoms with van der Waals surface area (Å²) in [6.45, 7) is 10.3. The molecule has 1 aromatic heterocycles. The first kappa shape index (κ1) is 19.8. The van der Waals surface area contributed by atoms with Crippen LogP contribution in [0.5, 0.6) is 5.75 Å². The van der Waals surface area contributed by atoms with Crippen molar-refractivity contribution in [1.29, 1.82) is 0 Å². The van der Waals surface area contributed by atoms with Gasteiger partial charge in [-0.25, -0.2) is 4.79 Å².